The predicted octanol–water partition coefficient (Wildman–Crippen LogP) is 1.91. The topological polar surface area (TPSA) is 75.6 Å². The van der Waals surface area contributed by atoms with Gasteiger partial charge in [-0.1, -0.05) is 6.58 Å². The summed E-state index contributed by atoms with van der Waals surface area (Å²) in [6.45, 7) is 5.08. The Bertz CT molecular complexity index is 479. The van der Waals surface area contributed by atoms with Gasteiger partial charge in [-0.25, -0.2) is 4.79 Å². The van der Waals surface area contributed by atoms with Gasteiger partial charge in [0, 0.05) is 17.3 Å². The van der Waals surface area contributed by atoms with Crippen LogP contribution in [-0.4, -0.2) is 24.1 Å². The average molecular weight is 235 g/mol. The van der Waals surface area contributed by atoms with Crippen LogP contribution in [0.4, 0.5) is 5.69 Å². The SMILES string of the molecule is C=C(C)C(=O)Nc1ccc(C(=O)O)c(OC)c1. The van der Waals surface area contributed by atoms with Gasteiger partial charge in [-0.3, -0.25) is 4.79 Å². The van der Waals surface area contributed by atoms with Crippen molar-refractivity contribution in [2.24, 2.45) is 0 Å². The lowest BCUT2D eigenvalue weighted by Gasteiger charge is -2.09. The van der Waals surface area contributed by atoms with Gasteiger partial charge in [0.05, 0.1) is 7.11 Å². The molecule has 1 aromatic rings. The maximum atomic E-state index is 11.4. The number of methoxy groups -OCH3 is 1. The molecular weight excluding hydrogens is 222 g/mol. The molecule has 0 spiro atoms. The van der Waals surface area contributed by atoms with Crippen molar-refractivity contribution in [3.05, 3.63) is 35.9 Å². The zero-order valence-corrected chi connectivity index (χ0v) is 9.61. The largest absolute Gasteiger partial charge is 0.496 e. The fourth-order valence-electron chi connectivity index (χ4n) is 1.18. The summed E-state index contributed by atoms with van der Waals surface area (Å²) in [5.74, 6) is -1.22. The fourth-order valence-corrected chi connectivity index (χ4v) is 1.18. The summed E-state index contributed by atoms with van der Waals surface area (Å²) in [7, 11) is 1.37. The number of benzene rings is 1. The normalized spacial score (nSPS) is 9.53. The molecule has 5 heteroatoms. The Labute approximate surface area is 98.7 Å². The van der Waals surface area contributed by atoms with E-state index in [9.17, 15) is 9.59 Å². The van der Waals surface area contributed by atoms with Crippen LogP contribution in [0.25, 0.3) is 0 Å². The van der Waals surface area contributed by atoms with Crippen molar-refractivity contribution in [3.63, 3.8) is 0 Å². The molecule has 0 atom stereocenters. The van der Waals surface area contributed by atoms with Gasteiger partial charge in [0.15, 0.2) is 0 Å². The summed E-state index contributed by atoms with van der Waals surface area (Å²) in [6, 6.07) is 4.31. The minimum absolute atomic E-state index is 0.0424. The van der Waals surface area contributed by atoms with Gasteiger partial charge in [-0.15, -0.1) is 0 Å². The standard InChI is InChI=1S/C12H13NO4/c1-7(2)11(14)13-8-4-5-9(12(15)16)10(6-8)17-3/h4-6H,1H2,2-3H3,(H,13,14)(H,15,16). The zero-order valence-electron chi connectivity index (χ0n) is 9.61. The van der Waals surface area contributed by atoms with Gasteiger partial charge in [0.2, 0.25) is 0 Å². The van der Waals surface area contributed by atoms with Gasteiger partial charge in [-0.2, -0.15) is 0 Å². The number of carboxylic acid groups (broad SMARTS) is 1. The van der Waals surface area contributed by atoms with Gasteiger partial charge in [0.1, 0.15) is 11.3 Å². The Hall–Kier alpha value is -2.30. The third-order valence-corrected chi connectivity index (χ3v) is 2.08. The molecule has 1 rings (SSSR count). The highest BCUT2D eigenvalue weighted by Gasteiger charge is 2.12. The highest BCUT2D eigenvalue weighted by molar-refractivity contribution is 6.03. The Morgan fingerprint density at radius 2 is 2.06 bits per heavy atom. The molecule has 0 fully saturated rings. The smallest absolute Gasteiger partial charge is 0.339 e. The molecule has 17 heavy (non-hydrogen) atoms. The second-order valence-electron chi connectivity index (χ2n) is 3.45. The van der Waals surface area contributed by atoms with Crippen LogP contribution in [0.5, 0.6) is 5.75 Å². The lowest BCUT2D eigenvalue weighted by molar-refractivity contribution is -0.112. The quantitative estimate of drug-likeness (QED) is 0.781. The van der Waals surface area contributed by atoms with Crippen molar-refractivity contribution < 1.29 is 19.4 Å². The van der Waals surface area contributed by atoms with Gasteiger partial charge >= 0.3 is 5.97 Å². The molecule has 0 saturated heterocycles. The van der Waals surface area contributed by atoms with Crippen molar-refractivity contribution in [2.45, 2.75) is 6.92 Å². The maximum absolute atomic E-state index is 11.4. The van der Waals surface area contributed by atoms with Crippen LogP contribution in [0.1, 0.15) is 17.3 Å². The van der Waals surface area contributed by atoms with E-state index < -0.39 is 5.97 Å². The molecule has 0 bridgehead atoms. The number of hydrogen-bond donors (Lipinski definition) is 2. The van der Waals surface area contributed by atoms with E-state index in [1.54, 1.807) is 6.92 Å². The number of carboxylic acids is 1. The van der Waals surface area contributed by atoms with Crippen molar-refractivity contribution >= 4 is 17.6 Å². The van der Waals surface area contributed by atoms with Crippen LogP contribution in [0.15, 0.2) is 30.4 Å². The molecule has 0 aliphatic rings. The number of rotatable bonds is 4. The summed E-state index contributed by atoms with van der Waals surface area (Å²) < 4.78 is 4.93. The molecule has 0 aromatic heterocycles. The summed E-state index contributed by atoms with van der Waals surface area (Å²) >= 11 is 0. The molecule has 0 heterocycles. The van der Waals surface area contributed by atoms with E-state index in [0.717, 1.165) is 0 Å². The number of aromatic carboxylic acids is 1. The first-order valence-corrected chi connectivity index (χ1v) is 4.84. The van der Waals surface area contributed by atoms with E-state index in [4.69, 9.17) is 9.84 Å². The van der Waals surface area contributed by atoms with E-state index in [1.165, 1.54) is 25.3 Å². The van der Waals surface area contributed by atoms with Crippen molar-refractivity contribution in [3.8, 4) is 5.75 Å². The van der Waals surface area contributed by atoms with Crippen LogP contribution >= 0.6 is 0 Å². The van der Waals surface area contributed by atoms with Crippen molar-refractivity contribution in [1.29, 1.82) is 0 Å². The van der Waals surface area contributed by atoms with E-state index in [1.807, 2.05) is 0 Å². The summed E-state index contributed by atoms with van der Waals surface area (Å²) in [5, 5.41) is 11.4. The highest BCUT2D eigenvalue weighted by Crippen LogP contribution is 2.23. The molecule has 0 saturated carbocycles. The lowest BCUT2D eigenvalue weighted by Crippen LogP contribution is -2.12. The molecule has 90 valence electrons. The predicted molar refractivity (Wildman–Crippen MR) is 63.4 cm³/mol. The Morgan fingerprint density at radius 1 is 1.41 bits per heavy atom. The summed E-state index contributed by atoms with van der Waals surface area (Å²) in [4.78, 5) is 22.2. The van der Waals surface area contributed by atoms with Crippen LogP contribution in [0.3, 0.4) is 0 Å². The Balaban J connectivity index is 3.01. The number of nitrogens with one attached hydrogen (secondary N) is 1. The van der Waals surface area contributed by atoms with E-state index in [-0.39, 0.29) is 17.2 Å². The van der Waals surface area contributed by atoms with Gasteiger partial charge in [-0.05, 0) is 19.1 Å². The summed E-state index contributed by atoms with van der Waals surface area (Å²) in [5.41, 5.74) is 0.868. The van der Waals surface area contributed by atoms with E-state index in [2.05, 4.69) is 11.9 Å². The molecule has 0 radical (unpaired) electrons. The number of amides is 1. The van der Waals surface area contributed by atoms with Crippen LogP contribution in [-0.2, 0) is 4.79 Å². The second kappa shape index (κ2) is 5.16. The monoisotopic (exact) mass is 235 g/mol. The molecule has 1 aromatic carbocycles. The fraction of sp³-hybridized carbons (Fsp3) is 0.167. The minimum atomic E-state index is -1.08. The Kier molecular flexibility index (Phi) is 3.87. The van der Waals surface area contributed by atoms with Gasteiger partial charge in [0.25, 0.3) is 5.91 Å². The van der Waals surface area contributed by atoms with Crippen molar-refractivity contribution in [2.75, 3.05) is 12.4 Å². The second-order valence-corrected chi connectivity index (χ2v) is 3.45. The molecular formula is C12H13NO4. The molecule has 0 aliphatic heterocycles. The van der Waals surface area contributed by atoms with Gasteiger partial charge < -0.3 is 15.2 Å². The van der Waals surface area contributed by atoms with E-state index >= 15 is 0 Å². The van der Waals surface area contributed by atoms with Crippen LogP contribution in [0, 0.1) is 0 Å². The third-order valence-electron chi connectivity index (χ3n) is 2.08. The first kappa shape index (κ1) is 12.8. The van der Waals surface area contributed by atoms with Crippen LogP contribution < -0.4 is 10.1 Å². The number of anilines is 1. The minimum Gasteiger partial charge on any atom is -0.496 e. The summed E-state index contributed by atoms with van der Waals surface area (Å²) in [6.07, 6.45) is 0. The average Bonchev–Trinajstić information content (AvgIpc) is 2.28. The number of carbonyl (C=O) groups is 2. The maximum Gasteiger partial charge on any atom is 0.339 e. The number of hydrogen-bond acceptors (Lipinski definition) is 3. The molecule has 0 aliphatic carbocycles. The van der Waals surface area contributed by atoms with E-state index in [0.29, 0.717) is 11.3 Å². The first-order valence-electron chi connectivity index (χ1n) is 4.84. The van der Waals surface area contributed by atoms with Crippen molar-refractivity contribution in [1.82, 2.24) is 0 Å². The molecule has 0 unspecified atom stereocenters. The highest BCUT2D eigenvalue weighted by atomic mass is 16.5. The molecule has 2 N–H and O–H groups in total. The lowest BCUT2D eigenvalue weighted by atomic mass is 10.1. The Morgan fingerprint density at radius 3 is 2.53 bits per heavy atom. The van der Waals surface area contributed by atoms with Crippen LogP contribution in [0.2, 0.25) is 0 Å². The first-order chi connectivity index (χ1) is 7.95. The third kappa shape index (κ3) is 3.07. The number of carbonyl (C=O) groups excluding carboxylic acids is 1. The molecule has 5 nitrogen and oxygen atoms in total. The molecule has 1 amide bonds. The zero-order chi connectivity index (χ0) is 13.0. The number of ether oxygens (including phenoxy) is 1.